The highest BCUT2D eigenvalue weighted by molar-refractivity contribution is 5.96. The van der Waals surface area contributed by atoms with Gasteiger partial charge in [0.05, 0.1) is 32.0 Å². The molecule has 288 valence electrons. The third kappa shape index (κ3) is 7.22. The lowest BCUT2D eigenvalue weighted by Gasteiger charge is -2.45. The fraction of sp³-hybridized carbons (Fsp3) is 0.378. The Kier molecular flexibility index (Phi) is 10.4. The van der Waals surface area contributed by atoms with E-state index in [1.165, 1.54) is 0 Å². The van der Waals surface area contributed by atoms with Gasteiger partial charge in [-0.3, -0.25) is 0 Å². The Labute approximate surface area is 320 Å². The molecule has 10 nitrogen and oxygen atoms in total. The minimum Gasteiger partial charge on any atom is -0.508 e. The standard InChI is InChI=1S/C45H48O10/c1-51-16-6-11-39-41(43(50)37-23-40(52-2)35-21-30(48)13-15-34(35)45(37)55-39)38-24-53-44-27(20-32(22-36(44)42(38)49)54-31-9-3-4-10-31)17-26-19-29(47)12-14-33(26)25-7-5-8-28(46)18-25/h5,7-8,12-15,18-23,31,38-39,41-43,46-50H,3-4,6,9-11,16-17,24H2,1-2H3/t38-,39-,41+,42+,43-/m0/s1. The molecule has 1 fully saturated rings. The van der Waals surface area contributed by atoms with E-state index >= 15 is 0 Å². The molecule has 2 heterocycles. The Balaban J connectivity index is 1.20. The molecule has 5 aromatic rings. The number of phenolic OH excluding ortho intramolecular Hbond substituents is 3. The molecule has 0 saturated heterocycles. The van der Waals surface area contributed by atoms with Crippen molar-refractivity contribution in [2.75, 3.05) is 27.4 Å². The molecule has 1 aliphatic carbocycles. The maximum Gasteiger partial charge on any atom is 0.133 e. The Morgan fingerprint density at radius 2 is 1.51 bits per heavy atom. The number of aliphatic hydroxyl groups excluding tert-OH is 2. The highest BCUT2D eigenvalue weighted by Gasteiger charge is 2.48. The zero-order valence-corrected chi connectivity index (χ0v) is 31.1. The van der Waals surface area contributed by atoms with Crippen molar-refractivity contribution >= 4 is 10.8 Å². The summed E-state index contributed by atoms with van der Waals surface area (Å²) in [7, 11) is 3.20. The number of hydrogen-bond acceptors (Lipinski definition) is 10. The van der Waals surface area contributed by atoms with Crippen LogP contribution in [0, 0.1) is 11.8 Å². The number of hydrogen-bond donors (Lipinski definition) is 5. The van der Waals surface area contributed by atoms with E-state index in [0.717, 1.165) is 47.9 Å². The Bertz CT molecular complexity index is 2180. The summed E-state index contributed by atoms with van der Waals surface area (Å²) < 4.78 is 31.1. The molecule has 0 unspecified atom stereocenters. The number of fused-ring (bicyclic) bond motifs is 4. The number of aromatic hydroxyl groups is 3. The number of aliphatic hydroxyl groups is 2. The first kappa shape index (κ1) is 36.8. The van der Waals surface area contributed by atoms with Gasteiger partial charge in [0, 0.05) is 59.4 Å². The first-order valence-electron chi connectivity index (χ1n) is 19.1. The van der Waals surface area contributed by atoms with Crippen LogP contribution in [0.15, 0.2) is 78.9 Å². The topological polar surface area (TPSA) is 147 Å². The Morgan fingerprint density at radius 3 is 2.29 bits per heavy atom. The summed E-state index contributed by atoms with van der Waals surface area (Å²) >= 11 is 0. The van der Waals surface area contributed by atoms with Crippen molar-refractivity contribution in [3.63, 3.8) is 0 Å². The molecule has 2 aliphatic heterocycles. The molecule has 5 atom stereocenters. The number of rotatable bonds is 11. The number of ether oxygens (including phenoxy) is 5. The third-order valence-electron chi connectivity index (χ3n) is 11.5. The summed E-state index contributed by atoms with van der Waals surface area (Å²) in [6.45, 7) is 0.618. The van der Waals surface area contributed by atoms with Crippen LogP contribution in [0.25, 0.3) is 21.9 Å². The van der Waals surface area contributed by atoms with Crippen LogP contribution < -0.4 is 18.9 Å². The average molecular weight is 749 g/mol. The van der Waals surface area contributed by atoms with Crippen LogP contribution in [0.1, 0.15) is 73.0 Å². The predicted octanol–water partition coefficient (Wildman–Crippen LogP) is 8.12. The summed E-state index contributed by atoms with van der Waals surface area (Å²) in [5.41, 5.74) is 4.36. The highest BCUT2D eigenvalue weighted by atomic mass is 16.5. The van der Waals surface area contributed by atoms with Crippen LogP contribution in [-0.4, -0.2) is 65.2 Å². The number of methoxy groups -OCH3 is 2. The molecule has 3 aliphatic rings. The molecular formula is C45H48O10. The first-order valence-corrected chi connectivity index (χ1v) is 19.1. The summed E-state index contributed by atoms with van der Waals surface area (Å²) in [6, 6.07) is 22.8. The van der Waals surface area contributed by atoms with Gasteiger partial charge in [0.15, 0.2) is 0 Å². The molecular weight excluding hydrogens is 700 g/mol. The van der Waals surface area contributed by atoms with Gasteiger partial charge in [-0.05, 0) is 116 Å². The molecule has 1 saturated carbocycles. The molecule has 0 amide bonds. The molecule has 5 aromatic carbocycles. The van der Waals surface area contributed by atoms with Crippen molar-refractivity contribution in [3.8, 4) is 51.4 Å². The lowest BCUT2D eigenvalue weighted by Crippen LogP contribution is -2.46. The largest absolute Gasteiger partial charge is 0.508 e. The minimum atomic E-state index is -1.04. The van der Waals surface area contributed by atoms with E-state index in [4.69, 9.17) is 23.7 Å². The van der Waals surface area contributed by atoms with E-state index in [0.29, 0.717) is 70.8 Å². The summed E-state index contributed by atoms with van der Waals surface area (Å²) in [6.07, 6.45) is 3.16. The van der Waals surface area contributed by atoms with Gasteiger partial charge < -0.3 is 49.2 Å². The average Bonchev–Trinajstić information content (AvgIpc) is 3.69. The van der Waals surface area contributed by atoms with Crippen molar-refractivity contribution in [1.29, 1.82) is 0 Å². The third-order valence-corrected chi connectivity index (χ3v) is 11.5. The number of benzene rings is 5. The van der Waals surface area contributed by atoms with Crippen molar-refractivity contribution in [1.82, 2.24) is 0 Å². The highest BCUT2D eigenvalue weighted by Crippen LogP contribution is 2.53. The SMILES string of the molecule is COCCC[C@@H]1Oc2c(cc(OC)c3cc(O)ccc23)[C@H](O)[C@@H]1[C@@H]1COc2c(Cc3cc(O)ccc3-c3cccc(O)c3)cc(OC3CCCC3)cc2[C@H]1O. The van der Waals surface area contributed by atoms with Gasteiger partial charge in [-0.1, -0.05) is 18.2 Å². The molecule has 5 N–H and O–H groups in total. The van der Waals surface area contributed by atoms with Gasteiger partial charge in [-0.15, -0.1) is 0 Å². The molecule has 0 radical (unpaired) electrons. The van der Waals surface area contributed by atoms with Gasteiger partial charge in [-0.2, -0.15) is 0 Å². The maximum atomic E-state index is 12.5. The van der Waals surface area contributed by atoms with Gasteiger partial charge in [0.1, 0.15) is 46.4 Å². The molecule has 8 rings (SSSR count). The van der Waals surface area contributed by atoms with Crippen LogP contribution in [0.2, 0.25) is 0 Å². The predicted molar refractivity (Wildman–Crippen MR) is 207 cm³/mol. The smallest absolute Gasteiger partial charge is 0.133 e. The van der Waals surface area contributed by atoms with E-state index in [1.807, 2.05) is 24.3 Å². The van der Waals surface area contributed by atoms with E-state index in [2.05, 4.69) is 0 Å². The van der Waals surface area contributed by atoms with Crippen molar-refractivity contribution in [3.05, 3.63) is 101 Å². The molecule has 0 aromatic heterocycles. The first-order chi connectivity index (χ1) is 26.7. The Morgan fingerprint density at radius 1 is 0.745 bits per heavy atom. The zero-order chi connectivity index (χ0) is 38.2. The maximum absolute atomic E-state index is 12.5. The lowest BCUT2D eigenvalue weighted by molar-refractivity contribution is -0.0884. The second-order valence-electron chi connectivity index (χ2n) is 15.1. The monoisotopic (exact) mass is 748 g/mol. The van der Waals surface area contributed by atoms with Gasteiger partial charge in [-0.25, -0.2) is 0 Å². The quantitative estimate of drug-likeness (QED) is 0.0840. The zero-order valence-electron chi connectivity index (χ0n) is 31.1. The second kappa shape index (κ2) is 15.5. The van der Waals surface area contributed by atoms with E-state index < -0.39 is 30.1 Å². The minimum absolute atomic E-state index is 0.0638. The van der Waals surface area contributed by atoms with Gasteiger partial charge in [0.2, 0.25) is 0 Å². The number of phenols is 3. The Hall–Kier alpha value is -5.16. The van der Waals surface area contributed by atoms with E-state index in [1.54, 1.807) is 68.8 Å². The van der Waals surface area contributed by atoms with E-state index in [-0.39, 0.29) is 30.0 Å². The molecule has 0 spiro atoms. The van der Waals surface area contributed by atoms with Crippen LogP contribution in [0.3, 0.4) is 0 Å². The van der Waals surface area contributed by atoms with E-state index in [9.17, 15) is 25.5 Å². The van der Waals surface area contributed by atoms with Gasteiger partial charge in [0.25, 0.3) is 0 Å². The molecule has 10 heteroatoms. The van der Waals surface area contributed by atoms with Crippen LogP contribution in [-0.2, 0) is 11.2 Å². The fourth-order valence-corrected chi connectivity index (χ4v) is 8.91. The van der Waals surface area contributed by atoms with Crippen molar-refractivity contribution < 1.29 is 49.2 Å². The molecule has 55 heavy (non-hydrogen) atoms. The van der Waals surface area contributed by atoms with Crippen LogP contribution in [0.5, 0.6) is 40.2 Å². The van der Waals surface area contributed by atoms with Crippen molar-refractivity contribution in [2.45, 2.75) is 69.4 Å². The normalized spacial score (nSPS) is 22.1. The summed E-state index contributed by atoms with van der Waals surface area (Å²) in [5.74, 6) is 1.39. The van der Waals surface area contributed by atoms with Crippen molar-refractivity contribution in [2.24, 2.45) is 11.8 Å². The van der Waals surface area contributed by atoms with Crippen LogP contribution >= 0.6 is 0 Å². The molecule has 0 bridgehead atoms. The second-order valence-corrected chi connectivity index (χ2v) is 15.1. The summed E-state index contributed by atoms with van der Waals surface area (Å²) in [4.78, 5) is 0. The fourth-order valence-electron chi connectivity index (χ4n) is 8.91. The lowest BCUT2D eigenvalue weighted by atomic mass is 9.72. The van der Waals surface area contributed by atoms with Crippen LogP contribution in [0.4, 0.5) is 0 Å². The summed E-state index contributed by atoms with van der Waals surface area (Å²) in [5, 5.41) is 57.3. The van der Waals surface area contributed by atoms with Gasteiger partial charge >= 0.3 is 0 Å².